The lowest BCUT2D eigenvalue weighted by molar-refractivity contribution is 0.418. The summed E-state index contributed by atoms with van der Waals surface area (Å²) in [7, 11) is 1.67. The second-order valence-electron chi connectivity index (χ2n) is 3.38. The number of methoxy groups -OCH3 is 1. The van der Waals surface area contributed by atoms with Gasteiger partial charge in [0.05, 0.1) is 7.11 Å². The maximum absolute atomic E-state index is 7.58. The van der Waals surface area contributed by atoms with Gasteiger partial charge in [0.2, 0.25) is 0 Å². The largest absolute Gasteiger partial charge is 0.507 e. The molecule has 3 nitrogen and oxygen atoms in total. The minimum Gasteiger partial charge on any atom is -0.507 e. The van der Waals surface area contributed by atoms with Gasteiger partial charge >= 0.3 is 0 Å². The van der Waals surface area contributed by atoms with Gasteiger partial charge in [0.15, 0.2) is 0 Å². The molecular formula is C14H15NO2. The molecule has 0 unspecified atom stereocenters. The van der Waals surface area contributed by atoms with E-state index in [9.17, 15) is 0 Å². The summed E-state index contributed by atoms with van der Waals surface area (Å²) < 4.78 is 5.25. The van der Waals surface area contributed by atoms with Crippen LogP contribution in [-0.2, 0) is 0 Å². The normalized spacial score (nSPS) is 8.82. The van der Waals surface area contributed by atoms with Gasteiger partial charge in [-0.15, -0.1) is 0 Å². The van der Waals surface area contributed by atoms with Crippen LogP contribution < -0.4 is 4.74 Å². The number of ether oxygens (including phenoxy) is 1. The van der Waals surface area contributed by atoms with E-state index < -0.39 is 0 Å². The van der Waals surface area contributed by atoms with Crippen LogP contribution in [0.1, 0.15) is 5.56 Å². The first-order valence-electron chi connectivity index (χ1n) is 5.10. The van der Waals surface area contributed by atoms with Crippen LogP contribution in [0.25, 0.3) is 10.9 Å². The number of nitrogens with zero attached hydrogens (tertiary/aromatic N) is 1. The summed E-state index contributed by atoms with van der Waals surface area (Å²) in [6, 6.07) is 8.07. The molecule has 0 saturated carbocycles. The zero-order chi connectivity index (χ0) is 12.7. The molecule has 0 radical (unpaired) electrons. The third-order valence-electron chi connectivity index (χ3n) is 2.13. The summed E-state index contributed by atoms with van der Waals surface area (Å²) in [5.41, 5.74) is 4.23. The lowest BCUT2D eigenvalue weighted by Crippen LogP contribution is -1.88. The van der Waals surface area contributed by atoms with Crippen molar-refractivity contribution >= 4 is 10.9 Å². The number of aryl methyl sites for hydroxylation is 1. The molecule has 1 heterocycles. The van der Waals surface area contributed by atoms with Crippen molar-refractivity contribution in [3.05, 3.63) is 54.6 Å². The van der Waals surface area contributed by atoms with Crippen molar-refractivity contribution in [1.29, 1.82) is 0 Å². The Labute approximate surface area is 101 Å². The van der Waals surface area contributed by atoms with Crippen LogP contribution in [0.2, 0.25) is 0 Å². The fourth-order valence-corrected chi connectivity index (χ4v) is 1.46. The van der Waals surface area contributed by atoms with Gasteiger partial charge in [-0.1, -0.05) is 18.4 Å². The molecule has 0 aliphatic heterocycles. The van der Waals surface area contributed by atoms with Gasteiger partial charge in [-0.25, -0.2) is 0 Å². The Morgan fingerprint density at radius 2 is 2.18 bits per heavy atom. The number of rotatable bonds is 1. The Balaban J connectivity index is 0.000000317. The van der Waals surface area contributed by atoms with E-state index in [1.54, 1.807) is 13.3 Å². The highest BCUT2D eigenvalue weighted by Gasteiger charge is 2.01. The van der Waals surface area contributed by atoms with E-state index in [-0.39, 0.29) is 0 Å². The van der Waals surface area contributed by atoms with Crippen LogP contribution in [0.4, 0.5) is 0 Å². The molecule has 0 saturated heterocycles. The quantitative estimate of drug-likeness (QED) is 0.602. The molecule has 0 bridgehead atoms. The van der Waals surface area contributed by atoms with E-state index in [0.717, 1.165) is 22.9 Å². The molecule has 0 fully saturated rings. The number of fused-ring (bicyclic) bond motifs is 1. The van der Waals surface area contributed by atoms with Crippen molar-refractivity contribution in [2.45, 2.75) is 6.92 Å². The monoisotopic (exact) mass is 229 g/mol. The van der Waals surface area contributed by atoms with Gasteiger partial charge in [-0.05, 0) is 30.7 Å². The van der Waals surface area contributed by atoms with Crippen LogP contribution in [0.5, 0.6) is 5.75 Å². The Kier molecular flexibility index (Phi) is 4.79. The number of aromatic nitrogens is 1. The molecule has 0 aliphatic rings. The fourth-order valence-electron chi connectivity index (χ4n) is 1.46. The molecule has 0 aliphatic carbocycles. The summed E-state index contributed by atoms with van der Waals surface area (Å²) in [6.45, 7) is 5.10. The minimum atomic E-state index is 0.764. The second-order valence-corrected chi connectivity index (χ2v) is 3.38. The van der Waals surface area contributed by atoms with E-state index in [1.807, 2.05) is 18.2 Å². The van der Waals surface area contributed by atoms with E-state index in [0.29, 0.717) is 0 Å². The predicted molar refractivity (Wildman–Crippen MR) is 69.4 cm³/mol. The van der Waals surface area contributed by atoms with Gasteiger partial charge in [-0.3, -0.25) is 4.98 Å². The van der Waals surface area contributed by atoms with Gasteiger partial charge in [0.1, 0.15) is 17.5 Å². The summed E-state index contributed by atoms with van der Waals surface area (Å²) in [6.07, 6.45) is 2.54. The molecule has 0 atom stereocenters. The number of pyridine rings is 1. The number of hydrogen-bond acceptors (Lipinski definition) is 3. The fraction of sp³-hybridized carbons (Fsp3) is 0.143. The molecule has 88 valence electrons. The maximum atomic E-state index is 7.58. The van der Waals surface area contributed by atoms with Crippen molar-refractivity contribution in [3.63, 3.8) is 0 Å². The lowest BCUT2D eigenvalue weighted by Gasteiger charge is -2.05. The van der Waals surface area contributed by atoms with Crippen LogP contribution in [-0.4, -0.2) is 17.2 Å². The summed E-state index contributed by atoms with van der Waals surface area (Å²) >= 11 is 0. The van der Waals surface area contributed by atoms with Gasteiger partial charge in [-0.2, -0.15) is 0 Å². The molecule has 2 rings (SSSR count). The first-order valence-corrected chi connectivity index (χ1v) is 5.10. The maximum Gasteiger partial charge on any atom is 0.145 e. The molecule has 0 amide bonds. The molecule has 1 aromatic heterocycles. The van der Waals surface area contributed by atoms with Crippen molar-refractivity contribution in [3.8, 4) is 5.75 Å². The van der Waals surface area contributed by atoms with Crippen molar-refractivity contribution < 1.29 is 9.84 Å². The zero-order valence-corrected chi connectivity index (χ0v) is 9.97. The second kappa shape index (κ2) is 6.36. The van der Waals surface area contributed by atoms with E-state index in [2.05, 4.69) is 30.3 Å². The SMILES string of the molecule is C=C=CO.COc1cc(C)cc2cccnc12. The molecule has 1 N–H and O–H groups in total. The van der Waals surface area contributed by atoms with Crippen molar-refractivity contribution in [2.24, 2.45) is 0 Å². The Morgan fingerprint density at radius 1 is 1.47 bits per heavy atom. The standard InChI is InChI=1S/C11H11NO.C3H4O/c1-8-6-9-4-3-5-12-11(9)10(7-8)13-2;1-2-3-4/h3-7H,1-2H3;3-4H,1H2. The topological polar surface area (TPSA) is 42.4 Å². The third kappa shape index (κ3) is 3.37. The number of aliphatic hydroxyl groups is 1. The summed E-state index contributed by atoms with van der Waals surface area (Å²) in [4.78, 5) is 4.27. The molecule has 3 heteroatoms. The minimum absolute atomic E-state index is 0.764. The van der Waals surface area contributed by atoms with Crippen LogP contribution in [0.3, 0.4) is 0 Å². The average Bonchev–Trinajstić information content (AvgIpc) is 2.38. The number of benzene rings is 1. The van der Waals surface area contributed by atoms with E-state index >= 15 is 0 Å². The van der Waals surface area contributed by atoms with Gasteiger partial charge in [0, 0.05) is 11.6 Å². The highest BCUT2D eigenvalue weighted by Crippen LogP contribution is 2.24. The molecule has 0 spiro atoms. The third-order valence-corrected chi connectivity index (χ3v) is 2.13. The lowest BCUT2D eigenvalue weighted by atomic mass is 10.1. The highest BCUT2D eigenvalue weighted by molar-refractivity contribution is 5.85. The first kappa shape index (κ1) is 12.8. The molecular weight excluding hydrogens is 214 g/mol. The smallest absolute Gasteiger partial charge is 0.145 e. The van der Waals surface area contributed by atoms with E-state index in [1.165, 1.54) is 5.56 Å². The predicted octanol–water partition coefficient (Wildman–Crippen LogP) is 3.39. The Bertz CT molecular complexity index is 543. The van der Waals surface area contributed by atoms with Gasteiger partial charge in [0.25, 0.3) is 0 Å². The van der Waals surface area contributed by atoms with Crippen molar-refractivity contribution in [2.75, 3.05) is 7.11 Å². The number of aliphatic hydroxyl groups excluding tert-OH is 1. The van der Waals surface area contributed by atoms with Crippen molar-refractivity contribution in [1.82, 2.24) is 4.98 Å². The Morgan fingerprint density at radius 3 is 2.76 bits per heavy atom. The molecule has 2 aromatic rings. The number of hydrogen-bond donors (Lipinski definition) is 1. The summed E-state index contributed by atoms with van der Waals surface area (Å²) in [5, 5.41) is 8.70. The van der Waals surface area contributed by atoms with Crippen LogP contribution >= 0.6 is 0 Å². The summed E-state index contributed by atoms with van der Waals surface area (Å²) in [5.74, 6) is 0.843. The zero-order valence-electron chi connectivity index (χ0n) is 9.97. The highest BCUT2D eigenvalue weighted by atomic mass is 16.5. The van der Waals surface area contributed by atoms with Crippen LogP contribution in [0, 0.1) is 6.92 Å². The first-order chi connectivity index (χ1) is 8.22. The average molecular weight is 229 g/mol. The Hall–Kier alpha value is -2.25. The van der Waals surface area contributed by atoms with Crippen LogP contribution in [0.15, 0.2) is 49.0 Å². The molecule has 17 heavy (non-hydrogen) atoms. The van der Waals surface area contributed by atoms with Gasteiger partial charge < -0.3 is 9.84 Å². The molecule has 1 aromatic carbocycles. The van der Waals surface area contributed by atoms with E-state index in [4.69, 9.17) is 9.84 Å².